The van der Waals surface area contributed by atoms with Gasteiger partial charge in [-0.05, 0) is 81.6 Å². The molecule has 2 heterocycles. The third kappa shape index (κ3) is 4.66. The SMILES string of the molecule is c1cc(-c2cccc3ccccc23)cc(N(c2ccc(-c3cccc4sc5ccccc5c34)cc2)c2cccc3c2sc2ccccc23)c1. The average molecular weight is 660 g/mol. The molecule has 0 N–H and O–H groups in total. The van der Waals surface area contributed by atoms with Gasteiger partial charge in [0.1, 0.15) is 0 Å². The molecule has 49 heavy (non-hydrogen) atoms. The molecule has 8 aromatic carbocycles. The van der Waals surface area contributed by atoms with Crippen LogP contribution < -0.4 is 4.90 Å². The van der Waals surface area contributed by atoms with Crippen molar-refractivity contribution in [1.82, 2.24) is 0 Å². The standard InChI is InChI=1S/C46H29NS2/c1-2-15-35-30(11-1)12-8-18-36(35)32-13-7-14-34(29-32)47(41-21-9-20-39-38-16-3-5-22-42(38)49-46(39)41)33-27-25-31(26-28-33)37-19-10-24-44-45(37)40-17-4-6-23-43(40)48-44/h1-29H. The van der Waals surface area contributed by atoms with Crippen LogP contribution in [-0.2, 0) is 0 Å². The highest BCUT2D eigenvalue weighted by Gasteiger charge is 2.19. The van der Waals surface area contributed by atoms with Gasteiger partial charge in [-0.2, -0.15) is 0 Å². The van der Waals surface area contributed by atoms with Gasteiger partial charge in [-0.25, -0.2) is 0 Å². The molecule has 0 aliphatic heterocycles. The maximum atomic E-state index is 2.44. The van der Waals surface area contributed by atoms with Gasteiger partial charge < -0.3 is 4.90 Å². The fourth-order valence-electron chi connectivity index (χ4n) is 7.43. The number of thiophene rings is 2. The zero-order valence-corrected chi connectivity index (χ0v) is 28.1. The first kappa shape index (κ1) is 28.3. The van der Waals surface area contributed by atoms with E-state index in [1.54, 1.807) is 0 Å². The fraction of sp³-hybridized carbons (Fsp3) is 0. The average Bonchev–Trinajstić information content (AvgIpc) is 3.74. The Morgan fingerprint density at radius 2 is 1.00 bits per heavy atom. The van der Waals surface area contributed by atoms with Crippen LogP contribution in [0, 0.1) is 0 Å². The predicted octanol–water partition coefficient (Wildman–Crippen LogP) is 14.4. The summed E-state index contributed by atoms with van der Waals surface area (Å²) in [4.78, 5) is 2.44. The molecule has 0 radical (unpaired) electrons. The second kappa shape index (κ2) is 11.5. The Morgan fingerprint density at radius 1 is 0.367 bits per heavy atom. The van der Waals surface area contributed by atoms with Crippen LogP contribution in [-0.4, -0.2) is 0 Å². The summed E-state index contributed by atoms with van der Waals surface area (Å²) in [5.74, 6) is 0. The van der Waals surface area contributed by atoms with Crippen LogP contribution in [0.3, 0.4) is 0 Å². The Morgan fingerprint density at radius 3 is 1.88 bits per heavy atom. The monoisotopic (exact) mass is 659 g/mol. The summed E-state index contributed by atoms with van der Waals surface area (Å²) in [6, 6.07) is 64.4. The first-order valence-corrected chi connectivity index (χ1v) is 18.2. The number of benzene rings is 8. The van der Waals surface area contributed by atoms with Crippen molar-refractivity contribution in [3.05, 3.63) is 176 Å². The summed E-state index contributed by atoms with van der Waals surface area (Å²) >= 11 is 3.74. The van der Waals surface area contributed by atoms with E-state index in [-0.39, 0.29) is 0 Å². The van der Waals surface area contributed by atoms with Crippen molar-refractivity contribution in [2.45, 2.75) is 0 Å². The molecule has 0 saturated carbocycles. The van der Waals surface area contributed by atoms with Crippen molar-refractivity contribution in [3.63, 3.8) is 0 Å². The Kier molecular flexibility index (Phi) is 6.61. The smallest absolute Gasteiger partial charge is 0.0640 e. The van der Waals surface area contributed by atoms with Gasteiger partial charge in [-0.1, -0.05) is 127 Å². The van der Waals surface area contributed by atoms with Gasteiger partial charge in [0.15, 0.2) is 0 Å². The molecule has 0 bridgehead atoms. The second-order valence-electron chi connectivity index (χ2n) is 12.5. The highest BCUT2D eigenvalue weighted by Crippen LogP contribution is 2.46. The molecule has 1 nitrogen and oxygen atoms in total. The number of fused-ring (bicyclic) bond motifs is 7. The van der Waals surface area contributed by atoms with Crippen LogP contribution in [0.4, 0.5) is 17.1 Å². The number of rotatable bonds is 5. The van der Waals surface area contributed by atoms with Crippen molar-refractivity contribution in [2.24, 2.45) is 0 Å². The number of anilines is 3. The van der Waals surface area contributed by atoms with E-state index in [9.17, 15) is 0 Å². The lowest BCUT2D eigenvalue weighted by molar-refractivity contribution is 1.30. The molecule has 0 spiro atoms. The topological polar surface area (TPSA) is 3.24 Å². The highest BCUT2D eigenvalue weighted by atomic mass is 32.1. The Hall–Kier alpha value is -5.74. The van der Waals surface area contributed by atoms with Crippen molar-refractivity contribution in [2.75, 3.05) is 4.90 Å². The molecule has 0 aliphatic carbocycles. The largest absolute Gasteiger partial charge is 0.309 e. The van der Waals surface area contributed by atoms with Gasteiger partial charge in [0.05, 0.1) is 10.4 Å². The van der Waals surface area contributed by atoms with E-state index in [1.165, 1.54) is 79.1 Å². The second-order valence-corrected chi connectivity index (χ2v) is 14.6. The van der Waals surface area contributed by atoms with Crippen molar-refractivity contribution in [3.8, 4) is 22.3 Å². The first-order valence-electron chi connectivity index (χ1n) is 16.6. The summed E-state index contributed by atoms with van der Waals surface area (Å²) in [6.07, 6.45) is 0. The van der Waals surface area contributed by atoms with E-state index < -0.39 is 0 Å². The predicted molar refractivity (Wildman–Crippen MR) is 215 cm³/mol. The van der Waals surface area contributed by atoms with E-state index in [2.05, 4.69) is 181 Å². The molecule has 0 aliphatic rings. The van der Waals surface area contributed by atoms with Crippen LogP contribution in [0.15, 0.2) is 176 Å². The number of nitrogens with zero attached hydrogens (tertiary/aromatic N) is 1. The minimum atomic E-state index is 1.13. The minimum absolute atomic E-state index is 1.13. The van der Waals surface area contributed by atoms with Gasteiger partial charge in [0, 0.05) is 47.0 Å². The molecular weight excluding hydrogens is 631 g/mol. The molecule has 3 heteroatoms. The summed E-state index contributed by atoms with van der Waals surface area (Å²) in [7, 11) is 0. The molecule has 0 atom stereocenters. The van der Waals surface area contributed by atoms with Crippen LogP contribution >= 0.6 is 22.7 Å². The Balaban J connectivity index is 1.17. The Bertz CT molecular complexity index is 2830. The van der Waals surface area contributed by atoms with Crippen LogP contribution in [0.25, 0.3) is 73.4 Å². The van der Waals surface area contributed by atoms with Crippen molar-refractivity contribution < 1.29 is 0 Å². The van der Waals surface area contributed by atoms with Gasteiger partial charge >= 0.3 is 0 Å². The minimum Gasteiger partial charge on any atom is -0.309 e. The molecule has 230 valence electrons. The fourth-order valence-corrected chi connectivity index (χ4v) is 9.77. The Labute approximate surface area is 292 Å². The van der Waals surface area contributed by atoms with Crippen LogP contribution in [0.2, 0.25) is 0 Å². The third-order valence-electron chi connectivity index (χ3n) is 9.67. The maximum absolute atomic E-state index is 2.44. The molecule has 0 saturated heterocycles. The molecule has 10 aromatic rings. The highest BCUT2D eigenvalue weighted by molar-refractivity contribution is 7.26. The summed E-state index contributed by atoms with van der Waals surface area (Å²) in [5, 5.41) is 7.78. The van der Waals surface area contributed by atoms with Crippen molar-refractivity contribution >= 4 is 90.9 Å². The van der Waals surface area contributed by atoms with E-state index in [1.807, 2.05) is 22.7 Å². The summed E-state index contributed by atoms with van der Waals surface area (Å²) in [5.41, 5.74) is 8.40. The van der Waals surface area contributed by atoms with E-state index in [0.29, 0.717) is 0 Å². The molecule has 0 fully saturated rings. The lowest BCUT2D eigenvalue weighted by atomic mass is 9.97. The zero-order valence-electron chi connectivity index (χ0n) is 26.5. The van der Waals surface area contributed by atoms with Gasteiger partial charge in [-0.15, -0.1) is 22.7 Å². The zero-order chi connectivity index (χ0) is 32.3. The first-order chi connectivity index (χ1) is 24.3. The van der Waals surface area contributed by atoms with E-state index in [4.69, 9.17) is 0 Å². The molecule has 0 unspecified atom stereocenters. The molecule has 0 amide bonds. The van der Waals surface area contributed by atoms with Gasteiger partial charge in [0.25, 0.3) is 0 Å². The van der Waals surface area contributed by atoms with Crippen molar-refractivity contribution in [1.29, 1.82) is 0 Å². The lowest BCUT2D eigenvalue weighted by Gasteiger charge is -2.27. The quantitative estimate of drug-likeness (QED) is 0.178. The summed E-state index contributed by atoms with van der Waals surface area (Å²) < 4.78 is 5.25. The maximum Gasteiger partial charge on any atom is 0.0640 e. The van der Waals surface area contributed by atoms with Gasteiger partial charge in [-0.3, -0.25) is 0 Å². The van der Waals surface area contributed by atoms with Crippen LogP contribution in [0.1, 0.15) is 0 Å². The number of hydrogen-bond acceptors (Lipinski definition) is 3. The summed E-state index contributed by atoms with van der Waals surface area (Å²) in [6.45, 7) is 0. The molecular formula is C46H29NS2. The van der Waals surface area contributed by atoms with E-state index in [0.717, 1.165) is 11.4 Å². The third-order valence-corrected chi connectivity index (χ3v) is 12.0. The molecule has 10 rings (SSSR count). The van der Waals surface area contributed by atoms with Gasteiger partial charge in [0.2, 0.25) is 0 Å². The van der Waals surface area contributed by atoms with E-state index >= 15 is 0 Å². The number of hydrogen-bond donors (Lipinski definition) is 0. The lowest BCUT2D eigenvalue weighted by Crippen LogP contribution is -2.10. The van der Waals surface area contributed by atoms with Crippen LogP contribution in [0.5, 0.6) is 0 Å². The normalized spacial score (nSPS) is 11.7. The molecule has 2 aromatic heterocycles.